The highest BCUT2D eigenvalue weighted by atomic mass is 16.6. The Morgan fingerprint density at radius 1 is 1.32 bits per heavy atom. The lowest BCUT2D eigenvalue weighted by Crippen LogP contribution is -2.47. The van der Waals surface area contributed by atoms with Gasteiger partial charge in [0.2, 0.25) is 0 Å². The molecule has 1 unspecified atom stereocenters. The monoisotopic (exact) mass is 344 g/mol. The highest BCUT2D eigenvalue weighted by molar-refractivity contribution is 5.94. The number of hydrogen-bond acceptors (Lipinski definition) is 6. The summed E-state index contributed by atoms with van der Waals surface area (Å²) in [7, 11) is 3.27. The van der Waals surface area contributed by atoms with Crippen LogP contribution in [0, 0.1) is 0 Å². The molecule has 2 aliphatic heterocycles. The van der Waals surface area contributed by atoms with Crippen molar-refractivity contribution in [1.82, 2.24) is 10.6 Å². The van der Waals surface area contributed by atoms with Crippen molar-refractivity contribution >= 4 is 5.97 Å². The number of ether oxygens (including phenoxy) is 3. The second-order valence-corrected chi connectivity index (χ2v) is 6.76. The molecule has 2 N–H and O–H groups in total. The molecule has 2 heterocycles. The van der Waals surface area contributed by atoms with E-state index in [0.717, 1.165) is 22.8 Å². The van der Waals surface area contributed by atoms with Gasteiger partial charge in [0.15, 0.2) is 0 Å². The molecule has 1 aromatic carbocycles. The summed E-state index contributed by atoms with van der Waals surface area (Å²) in [6.45, 7) is 4.45. The first-order chi connectivity index (χ1) is 11.9. The van der Waals surface area contributed by atoms with Gasteiger partial charge in [0.25, 0.3) is 0 Å². The number of hydrogen-bond donors (Lipinski definition) is 2. The lowest BCUT2D eigenvalue weighted by atomic mass is 9.94. The number of dihydropyridines is 1. The predicted octanol–water partition coefficient (Wildman–Crippen LogP) is 2.26. The van der Waals surface area contributed by atoms with E-state index in [1.165, 1.54) is 0 Å². The minimum atomic E-state index is -0.488. The summed E-state index contributed by atoms with van der Waals surface area (Å²) in [6, 6.07) is 5.74. The number of carbonyl (C=O) groups is 1. The largest absolute Gasteiger partial charge is 0.497 e. The molecule has 0 fully saturated rings. The molecule has 6 nitrogen and oxygen atoms in total. The fraction of sp³-hybridized carbons (Fsp3) is 0.421. The summed E-state index contributed by atoms with van der Waals surface area (Å²) < 4.78 is 16.1. The van der Waals surface area contributed by atoms with Crippen molar-refractivity contribution < 1.29 is 19.0 Å². The minimum Gasteiger partial charge on any atom is -0.497 e. The lowest BCUT2D eigenvalue weighted by molar-refractivity contribution is -0.153. The summed E-state index contributed by atoms with van der Waals surface area (Å²) in [6.07, 6.45) is 4.36. The topological polar surface area (TPSA) is 68.8 Å². The van der Waals surface area contributed by atoms with Crippen LogP contribution in [0.5, 0.6) is 11.5 Å². The van der Waals surface area contributed by atoms with Gasteiger partial charge < -0.3 is 19.5 Å². The van der Waals surface area contributed by atoms with E-state index in [9.17, 15) is 4.79 Å². The summed E-state index contributed by atoms with van der Waals surface area (Å²) in [5.74, 6) is 1.26. The Hall–Kier alpha value is -2.47. The molecule has 1 aromatic rings. The van der Waals surface area contributed by atoms with Crippen molar-refractivity contribution in [3.05, 3.63) is 47.2 Å². The third-order valence-electron chi connectivity index (χ3n) is 4.31. The highest BCUT2D eigenvalue weighted by Crippen LogP contribution is 2.31. The van der Waals surface area contributed by atoms with Gasteiger partial charge in [0.1, 0.15) is 17.1 Å². The van der Waals surface area contributed by atoms with Crippen molar-refractivity contribution in [2.24, 2.45) is 0 Å². The molecule has 2 aliphatic rings. The van der Waals surface area contributed by atoms with Crippen molar-refractivity contribution in [1.29, 1.82) is 0 Å². The van der Waals surface area contributed by atoms with E-state index in [-0.39, 0.29) is 12.1 Å². The smallest absolute Gasteiger partial charge is 0.340 e. The van der Waals surface area contributed by atoms with Crippen LogP contribution in [0.3, 0.4) is 0 Å². The zero-order valence-corrected chi connectivity index (χ0v) is 15.0. The third kappa shape index (κ3) is 3.79. The number of rotatable bonds is 5. The van der Waals surface area contributed by atoms with Crippen molar-refractivity contribution in [2.45, 2.75) is 38.6 Å². The highest BCUT2D eigenvalue weighted by Gasteiger charge is 2.35. The van der Waals surface area contributed by atoms with Crippen LogP contribution in [-0.4, -0.2) is 32.0 Å². The number of nitrogens with one attached hydrogen (secondary N) is 2. The third-order valence-corrected chi connectivity index (χ3v) is 4.31. The molecule has 0 aliphatic carbocycles. The second-order valence-electron chi connectivity index (χ2n) is 6.76. The zero-order chi connectivity index (χ0) is 18.0. The van der Waals surface area contributed by atoms with Gasteiger partial charge >= 0.3 is 5.97 Å². The maximum absolute atomic E-state index is 12.1. The molecule has 134 valence electrons. The van der Waals surface area contributed by atoms with Gasteiger partial charge in [-0.1, -0.05) is 6.07 Å². The van der Waals surface area contributed by atoms with E-state index in [1.54, 1.807) is 14.2 Å². The van der Waals surface area contributed by atoms with Crippen molar-refractivity contribution in [3.8, 4) is 11.5 Å². The molecule has 6 heteroatoms. The first kappa shape index (κ1) is 17.4. The van der Waals surface area contributed by atoms with Crippen LogP contribution in [-0.2, 0) is 16.1 Å². The fourth-order valence-electron chi connectivity index (χ4n) is 3.05. The van der Waals surface area contributed by atoms with Crippen molar-refractivity contribution in [3.63, 3.8) is 0 Å². The Morgan fingerprint density at radius 3 is 2.84 bits per heavy atom. The molecule has 0 spiro atoms. The Bertz CT molecular complexity index is 737. The molecule has 1 atom stereocenters. The van der Waals surface area contributed by atoms with Gasteiger partial charge in [0.05, 0.1) is 26.0 Å². The normalized spacial score (nSPS) is 21.3. The van der Waals surface area contributed by atoms with E-state index in [2.05, 4.69) is 10.6 Å². The quantitative estimate of drug-likeness (QED) is 0.799. The van der Waals surface area contributed by atoms with Crippen LogP contribution in [0.15, 0.2) is 41.6 Å². The van der Waals surface area contributed by atoms with Gasteiger partial charge in [-0.3, -0.25) is 5.32 Å². The van der Waals surface area contributed by atoms with E-state index in [4.69, 9.17) is 14.2 Å². The Morgan fingerprint density at radius 2 is 2.12 bits per heavy atom. The first-order valence-corrected chi connectivity index (χ1v) is 8.27. The maximum Gasteiger partial charge on any atom is 0.340 e. The summed E-state index contributed by atoms with van der Waals surface area (Å²) in [5.41, 5.74) is 2.07. The Labute approximate surface area is 147 Å². The minimum absolute atomic E-state index is 0.0627. The molecule has 0 saturated carbocycles. The number of cyclic esters (lactones) is 1. The van der Waals surface area contributed by atoms with Crippen molar-refractivity contribution in [2.75, 3.05) is 14.2 Å². The summed E-state index contributed by atoms with van der Waals surface area (Å²) in [5, 5.41) is 6.81. The van der Waals surface area contributed by atoms with E-state index >= 15 is 0 Å². The summed E-state index contributed by atoms with van der Waals surface area (Å²) >= 11 is 0. The molecule has 0 saturated heterocycles. The van der Waals surface area contributed by atoms with Crippen LogP contribution >= 0.6 is 0 Å². The van der Waals surface area contributed by atoms with Crippen LogP contribution in [0.25, 0.3) is 0 Å². The molecular formula is C19H24N2O4. The average molecular weight is 344 g/mol. The number of benzene rings is 1. The molecule has 25 heavy (non-hydrogen) atoms. The first-order valence-electron chi connectivity index (χ1n) is 8.27. The Kier molecular flexibility index (Phi) is 4.72. The van der Waals surface area contributed by atoms with E-state index in [0.29, 0.717) is 18.5 Å². The second kappa shape index (κ2) is 6.80. The number of esters is 1. The van der Waals surface area contributed by atoms with Crippen LogP contribution in [0.1, 0.15) is 25.8 Å². The number of methoxy groups -OCH3 is 2. The average Bonchev–Trinajstić information content (AvgIpc) is 2.58. The van der Waals surface area contributed by atoms with Gasteiger partial charge in [-0.2, -0.15) is 0 Å². The predicted molar refractivity (Wildman–Crippen MR) is 94.3 cm³/mol. The standard InChI is InChI=1S/C19H24N2O4/c1-19(2)10-15-14(18(22)25-19)7-8-17(21-15)20-11-12-5-6-13(23-3)9-16(12)24-4/h5-9,17,20-21H,10-11H2,1-4H3. The molecular weight excluding hydrogens is 320 g/mol. The van der Waals surface area contributed by atoms with E-state index < -0.39 is 5.60 Å². The van der Waals surface area contributed by atoms with Crippen LogP contribution in [0.2, 0.25) is 0 Å². The van der Waals surface area contributed by atoms with Gasteiger partial charge in [-0.05, 0) is 32.1 Å². The molecule has 0 amide bonds. The molecule has 0 bridgehead atoms. The van der Waals surface area contributed by atoms with E-state index in [1.807, 2.05) is 44.2 Å². The lowest BCUT2D eigenvalue weighted by Gasteiger charge is -2.36. The summed E-state index contributed by atoms with van der Waals surface area (Å²) in [4.78, 5) is 12.1. The number of carbonyl (C=O) groups excluding carboxylic acids is 1. The SMILES string of the molecule is COc1ccc(CNC2C=CC3=C(CC(C)(C)OC3=O)N2)c(OC)c1. The maximum atomic E-state index is 12.1. The van der Waals surface area contributed by atoms with Gasteiger partial charge in [-0.25, -0.2) is 4.79 Å². The zero-order valence-electron chi connectivity index (χ0n) is 15.0. The van der Waals surface area contributed by atoms with Crippen LogP contribution < -0.4 is 20.1 Å². The van der Waals surface area contributed by atoms with Gasteiger partial charge in [0, 0.05) is 30.3 Å². The van der Waals surface area contributed by atoms with Crippen LogP contribution in [0.4, 0.5) is 0 Å². The molecule has 0 radical (unpaired) electrons. The molecule has 3 rings (SSSR count). The van der Waals surface area contributed by atoms with Gasteiger partial charge in [-0.15, -0.1) is 0 Å². The fourth-order valence-corrected chi connectivity index (χ4v) is 3.05. The molecule has 0 aromatic heterocycles. The Balaban J connectivity index is 1.67.